The summed E-state index contributed by atoms with van der Waals surface area (Å²) in [6.07, 6.45) is 7.59. The normalized spacial score (nSPS) is 22.0. The van der Waals surface area contributed by atoms with Crippen LogP contribution in [-0.4, -0.2) is 13.1 Å². The molecule has 1 nitrogen and oxygen atoms in total. The molecule has 1 aliphatic carbocycles. The molecule has 1 atom stereocenters. The molecular weight excluding hydrogens is 158 g/mol. The smallest absolute Gasteiger partial charge is 0.00424 e. The molecule has 1 heteroatoms. The molecule has 0 aromatic heterocycles. The molecule has 1 saturated carbocycles. The van der Waals surface area contributed by atoms with Crippen molar-refractivity contribution in [2.45, 2.75) is 39.5 Å². The molecule has 0 aromatic carbocycles. The summed E-state index contributed by atoms with van der Waals surface area (Å²) in [5.74, 6) is 0.884. The molecule has 0 heterocycles. The molecular formula is C12H23N. The van der Waals surface area contributed by atoms with E-state index in [2.05, 4.69) is 31.8 Å². The number of rotatable bonds is 6. The molecule has 0 saturated heterocycles. The van der Waals surface area contributed by atoms with Crippen molar-refractivity contribution in [1.82, 2.24) is 5.32 Å². The van der Waals surface area contributed by atoms with Gasteiger partial charge in [-0.2, -0.15) is 0 Å². The van der Waals surface area contributed by atoms with Gasteiger partial charge in [-0.3, -0.25) is 0 Å². The largest absolute Gasteiger partial charge is 0.316 e. The van der Waals surface area contributed by atoms with Crippen LogP contribution in [0.5, 0.6) is 0 Å². The first kappa shape index (κ1) is 10.8. The van der Waals surface area contributed by atoms with Gasteiger partial charge in [-0.15, -0.1) is 6.58 Å². The van der Waals surface area contributed by atoms with Gasteiger partial charge in [-0.25, -0.2) is 0 Å². The minimum Gasteiger partial charge on any atom is -0.316 e. The van der Waals surface area contributed by atoms with Gasteiger partial charge in [0.2, 0.25) is 0 Å². The lowest BCUT2D eigenvalue weighted by atomic mass is 9.66. The minimum absolute atomic E-state index is 0.341. The average Bonchev–Trinajstić information content (AvgIpc) is 2.02. The average molecular weight is 181 g/mol. The van der Waals surface area contributed by atoms with Gasteiger partial charge in [0, 0.05) is 12.0 Å². The summed E-state index contributed by atoms with van der Waals surface area (Å²) in [4.78, 5) is 0. The van der Waals surface area contributed by atoms with E-state index < -0.39 is 0 Å². The van der Waals surface area contributed by atoms with E-state index in [-0.39, 0.29) is 0 Å². The zero-order chi connectivity index (χ0) is 9.73. The van der Waals surface area contributed by atoms with Crippen LogP contribution in [0.25, 0.3) is 0 Å². The fourth-order valence-electron chi connectivity index (χ4n) is 1.99. The van der Waals surface area contributed by atoms with E-state index in [9.17, 15) is 0 Å². The first-order valence-corrected chi connectivity index (χ1v) is 5.57. The minimum atomic E-state index is 0.341. The topological polar surface area (TPSA) is 12.0 Å². The van der Waals surface area contributed by atoms with E-state index in [1.54, 1.807) is 0 Å². The fourth-order valence-corrected chi connectivity index (χ4v) is 1.99. The zero-order valence-corrected chi connectivity index (χ0v) is 9.10. The van der Waals surface area contributed by atoms with E-state index >= 15 is 0 Å². The van der Waals surface area contributed by atoms with Gasteiger partial charge >= 0.3 is 0 Å². The van der Waals surface area contributed by atoms with Crippen molar-refractivity contribution in [3.63, 3.8) is 0 Å². The Morgan fingerprint density at radius 3 is 2.62 bits per heavy atom. The van der Waals surface area contributed by atoms with Gasteiger partial charge < -0.3 is 5.32 Å². The third kappa shape index (κ3) is 2.57. The Balaban J connectivity index is 2.33. The van der Waals surface area contributed by atoms with Gasteiger partial charge in [0.05, 0.1) is 0 Å². The summed E-state index contributed by atoms with van der Waals surface area (Å²) in [6.45, 7) is 10.8. The van der Waals surface area contributed by atoms with Crippen LogP contribution >= 0.6 is 0 Å². The highest BCUT2D eigenvalue weighted by Crippen LogP contribution is 2.42. The van der Waals surface area contributed by atoms with Crippen LogP contribution in [0.3, 0.4) is 0 Å². The monoisotopic (exact) mass is 181 g/mol. The molecule has 0 spiro atoms. The highest BCUT2D eigenvalue weighted by atomic mass is 14.9. The molecule has 76 valence electrons. The first-order chi connectivity index (χ1) is 6.23. The quantitative estimate of drug-likeness (QED) is 0.490. The standard InChI is InChI=1S/C12H23N/c1-4-9-13-10-12(3,5-2)11-7-6-8-11/h5,11,13H,2,4,6-10H2,1,3H3. The molecule has 1 rings (SSSR count). The number of hydrogen-bond acceptors (Lipinski definition) is 1. The zero-order valence-electron chi connectivity index (χ0n) is 9.10. The lowest BCUT2D eigenvalue weighted by molar-refractivity contribution is 0.148. The molecule has 1 unspecified atom stereocenters. The van der Waals surface area contributed by atoms with Gasteiger partial charge in [0.25, 0.3) is 0 Å². The second-order valence-corrected chi connectivity index (χ2v) is 4.51. The van der Waals surface area contributed by atoms with Crippen molar-refractivity contribution in [2.75, 3.05) is 13.1 Å². The second-order valence-electron chi connectivity index (χ2n) is 4.51. The highest BCUT2D eigenvalue weighted by Gasteiger charge is 2.34. The van der Waals surface area contributed by atoms with E-state index in [1.807, 2.05) is 0 Å². The summed E-state index contributed by atoms with van der Waals surface area (Å²) < 4.78 is 0. The van der Waals surface area contributed by atoms with Crippen molar-refractivity contribution in [1.29, 1.82) is 0 Å². The molecule has 0 aliphatic heterocycles. The SMILES string of the molecule is C=CC(C)(CNCCC)C1CCC1. The number of hydrogen-bond donors (Lipinski definition) is 1. The van der Waals surface area contributed by atoms with Crippen LogP contribution in [0.4, 0.5) is 0 Å². The van der Waals surface area contributed by atoms with Gasteiger partial charge in [0.15, 0.2) is 0 Å². The van der Waals surface area contributed by atoms with Crippen LogP contribution in [0.2, 0.25) is 0 Å². The lowest BCUT2D eigenvalue weighted by Crippen LogP contribution is -2.39. The van der Waals surface area contributed by atoms with Crippen molar-refractivity contribution in [3.05, 3.63) is 12.7 Å². The van der Waals surface area contributed by atoms with Crippen molar-refractivity contribution >= 4 is 0 Å². The molecule has 0 radical (unpaired) electrons. The first-order valence-electron chi connectivity index (χ1n) is 5.57. The lowest BCUT2D eigenvalue weighted by Gasteiger charge is -2.41. The van der Waals surface area contributed by atoms with E-state index in [0.29, 0.717) is 5.41 Å². The Hall–Kier alpha value is -0.300. The molecule has 1 N–H and O–H groups in total. The summed E-state index contributed by atoms with van der Waals surface area (Å²) >= 11 is 0. The molecule has 1 fully saturated rings. The predicted molar refractivity (Wildman–Crippen MR) is 58.8 cm³/mol. The summed E-state index contributed by atoms with van der Waals surface area (Å²) in [7, 11) is 0. The highest BCUT2D eigenvalue weighted by molar-refractivity contribution is 5.00. The van der Waals surface area contributed by atoms with E-state index in [1.165, 1.54) is 25.7 Å². The fraction of sp³-hybridized carbons (Fsp3) is 0.833. The molecule has 0 amide bonds. The van der Waals surface area contributed by atoms with Gasteiger partial charge in [-0.05, 0) is 31.7 Å². The Bertz CT molecular complexity index is 161. The second kappa shape index (κ2) is 4.80. The summed E-state index contributed by atoms with van der Waals surface area (Å²) in [6, 6.07) is 0. The predicted octanol–water partition coefficient (Wildman–Crippen LogP) is 2.98. The Morgan fingerprint density at radius 2 is 2.23 bits per heavy atom. The van der Waals surface area contributed by atoms with Gasteiger partial charge in [0.1, 0.15) is 0 Å². The maximum absolute atomic E-state index is 3.97. The Kier molecular flexibility index (Phi) is 3.98. The Labute approximate surface area is 82.6 Å². The van der Waals surface area contributed by atoms with Crippen molar-refractivity contribution in [2.24, 2.45) is 11.3 Å². The van der Waals surface area contributed by atoms with E-state index in [0.717, 1.165) is 19.0 Å². The third-order valence-electron chi connectivity index (χ3n) is 3.44. The van der Waals surface area contributed by atoms with Crippen LogP contribution in [0.15, 0.2) is 12.7 Å². The van der Waals surface area contributed by atoms with Crippen LogP contribution in [-0.2, 0) is 0 Å². The summed E-state index contributed by atoms with van der Waals surface area (Å²) in [5.41, 5.74) is 0.341. The van der Waals surface area contributed by atoms with Crippen molar-refractivity contribution < 1.29 is 0 Å². The Morgan fingerprint density at radius 1 is 1.54 bits per heavy atom. The number of nitrogens with one attached hydrogen (secondary N) is 1. The van der Waals surface area contributed by atoms with Crippen LogP contribution in [0.1, 0.15) is 39.5 Å². The van der Waals surface area contributed by atoms with E-state index in [4.69, 9.17) is 0 Å². The van der Waals surface area contributed by atoms with Gasteiger partial charge in [-0.1, -0.05) is 26.3 Å². The van der Waals surface area contributed by atoms with Crippen LogP contribution in [0, 0.1) is 11.3 Å². The molecule has 0 aromatic rings. The molecule has 1 aliphatic rings. The molecule has 0 bridgehead atoms. The van der Waals surface area contributed by atoms with Crippen LogP contribution < -0.4 is 5.32 Å². The third-order valence-corrected chi connectivity index (χ3v) is 3.44. The maximum atomic E-state index is 3.97. The maximum Gasteiger partial charge on any atom is 0.00424 e. The molecule has 13 heavy (non-hydrogen) atoms. The van der Waals surface area contributed by atoms with Crippen molar-refractivity contribution in [3.8, 4) is 0 Å². The summed E-state index contributed by atoms with van der Waals surface area (Å²) in [5, 5.41) is 3.50.